The first-order valence-corrected chi connectivity index (χ1v) is 13.7. The van der Waals surface area contributed by atoms with Gasteiger partial charge in [0.1, 0.15) is 17.1 Å². The number of benzene rings is 2. The number of piperidine rings is 1. The second-order valence-electron chi connectivity index (χ2n) is 11.0. The maximum absolute atomic E-state index is 13.5. The van der Waals surface area contributed by atoms with Gasteiger partial charge in [0.15, 0.2) is 5.82 Å². The Balaban J connectivity index is 1.11. The number of nitrogens with zero attached hydrogens (tertiary/aromatic N) is 3. The molecule has 10 nitrogen and oxygen atoms in total. The van der Waals surface area contributed by atoms with Crippen LogP contribution in [0.2, 0.25) is 0 Å². The van der Waals surface area contributed by atoms with E-state index in [1.807, 2.05) is 36.4 Å². The molecule has 216 valence electrons. The standard InChI is InChI=1S/C30H28F2N6O4/c1-41-17-4-6-21-19(14-17)30(28(40)35-21)15-20(30)16-3-5-18-24(13-16)36-37-25(18)33-22-7-8-23(34-26(22)42-2)27(39)38-11-9-29(31,32)10-12-38/h3-8,13-14,20H,9-12,15H2,1-2H3,(H,35,40)(H2,33,36,37)/t20-,30-/m0/s1. The predicted molar refractivity (Wildman–Crippen MR) is 151 cm³/mol. The average molecular weight is 575 g/mol. The first-order chi connectivity index (χ1) is 20.2. The van der Waals surface area contributed by atoms with Gasteiger partial charge in [-0.25, -0.2) is 13.8 Å². The molecule has 3 aliphatic rings. The van der Waals surface area contributed by atoms with Crippen molar-refractivity contribution in [2.75, 3.05) is 37.9 Å². The van der Waals surface area contributed by atoms with E-state index in [1.54, 1.807) is 19.2 Å². The molecule has 2 aliphatic heterocycles. The number of hydrogen-bond donors (Lipinski definition) is 3. The number of nitrogens with one attached hydrogen (secondary N) is 3. The summed E-state index contributed by atoms with van der Waals surface area (Å²) in [5.74, 6) is -1.70. The molecule has 0 unspecified atom stereocenters. The summed E-state index contributed by atoms with van der Waals surface area (Å²) in [6.07, 6.45) is -0.0155. The van der Waals surface area contributed by atoms with Gasteiger partial charge in [-0.3, -0.25) is 14.7 Å². The highest BCUT2D eigenvalue weighted by atomic mass is 19.3. The van der Waals surface area contributed by atoms with Crippen LogP contribution in [0.25, 0.3) is 10.9 Å². The molecule has 2 aromatic heterocycles. The second-order valence-corrected chi connectivity index (χ2v) is 11.0. The van der Waals surface area contributed by atoms with Gasteiger partial charge in [0, 0.05) is 42.9 Å². The van der Waals surface area contributed by atoms with Crippen LogP contribution in [0.5, 0.6) is 11.6 Å². The minimum absolute atomic E-state index is 0.00238. The van der Waals surface area contributed by atoms with Gasteiger partial charge in [-0.2, -0.15) is 5.10 Å². The van der Waals surface area contributed by atoms with Gasteiger partial charge >= 0.3 is 0 Å². The largest absolute Gasteiger partial charge is 0.497 e. The highest BCUT2D eigenvalue weighted by molar-refractivity contribution is 6.10. The van der Waals surface area contributed by atoms with Crippen LogP contribution in [0, 0.1) is 0 Å². The second kappa shape index (κ2) is 9.40. The van der Waals surface area contributed by atoms with Crippen molar-refractivity contribution in [2.24, 2.45) is 0 Å². The molecule has 0 bridgehead atoms. The van der Waals surface area contributed by atoms with Gasteiger partial charge in [-0.15, -0.1) is 0 Å². The lowest BCUT2D eigenvalue weighted by Gasteiger charge is -2.31. The normalized spacial score (nSPS) is 22.1. The van der Waals surface area contributed by atoms with E-state index in [1.165, 1.54) is 12.0 Å². The number of pyridine rings is 1. The summed E-state index contributed by atoms with van der Waals surface area (Å²) in [4.78, 5) is 31.7. The van der Waals surface area contributed by atoms with Crippen molar-refractivity contribution in [2.45, 2.75) is 36.5 Å². The molecular formula is C30H28F2N6O4. The number of methoxy groups -OCH3 is 2. The summed E-state index contributed by atoms with van der Waals surface area (Å²) in [6.45, 7) is -0.0468. The summed E-state index contributed by atoms with van der Waals surface area (Å²) in [6, 6.07) is 14.8. The molecule has 1 aliphatic carbocycles. The molecule has 2 aromatic carbocycles. The third-order valence-corrected chi connectivity index (χ3v) is 8.62. The van der Waals surface area contributed by atoms with E-state index < -0.39 is 17.2 Å². The van der Waals surface area contributed by atoms with Crippen molar-refractivity contribution in [1.29, 1.82) is 0 Å². The number of aromatic amines is 1. The average Bonchev–Trinajstić information content (AvgIpc) is 3.55. The van der Waals surface area contributed by atoms with Crippen LogP contribution in [0.15, 0.2) is 48.5 Å². The van der Waals surface area contributed by atoms with Crippen molar-refractivity contribution in [3.05, 3.63) is 65.4 Å². The van der Waals surface area contributed by atoms with E-state index in [0.29, 0.717) is 23.7 Å². The van der Waals surface area contributed by atoms with Crippen molar-refractivity contribution < 1.29 is 27.8 Å². The fraction of sp³-hybridized carbons (Fsp3) is 0.333. The number of ether oxygens (including phenoxy) is 2. The SMILES string of the molecule is COc1ccc2c(c1)[C@]1(C[C@H]1c1ccc3c(Nc4ccc(C(=O)N5CCC(F)(F)CC5)nc4OC)n[nH]c3c1)C(=O)N2. The lowest BCUT2D eigenvalue weighted by atomic mass is 9.91. The number of aromatic nitrogens is 3. The Kier molecular flexibility index (Phi) is 5.86. The Morgan fingerprint density at radius 3 is 2.64 bits per heavy atom. The molecule has 4 aromatic rings. The smallest absolute Gasteiger partial charge is 0.272 e. The van der Waals surface area contributed by atoms with Crippen LogP contribution in [-0.4, -0.2) is 65.1 Å². The first kappa shape index (κ1) is 26.2. The number of halogens is 2. The molecule has 1 saturated carbocycles. The van der Waals surface area contributed by atoms with Crippen LogP contribution < -0.4 is 20.1 Å². The van der Waals surface area contributed by atoms with Crippen molar-refractivity contribution in [1.82, 2.24) is 20.1 Å². The molecule has 42 heavy (non-hydrogen) atoms. The fourth-order valence-electron chi connectivity index (χ4n) is 6.18. The molecule has 4 heterocycles. The summed E-state index contributed by atoms with van der Waals surface area (Å²) in [5, 5.41) is 14.5. The number of fused-ring (bicyclic) bond motifs is 3. The molecule has 2 amide bonds. The van der Waals surface area contributed by atoms with Gasteiger partial charge in [0.05, 0.1) is 25.2 Å². The topological polar surface area (TPSA) is 121 Å². The van der Waals surface area contributed by atoms with Crippen molar-refractivity contribution in [3.63, 3.8) is 0 Å². The number of carbonyl (C=O) groups excluding carboxylic acids is 2. The molecule has 2 atom stereocenters. The van der Waals surface area contributed by atoms with Gasteiger partial charge < -0.3 is 25.0 Å². The fourth-order valence-corrected chi connectivity index (χ4v) is 6.18. The van der Waals surface area contributed by atoms with Crippen molar-refractivity contribution >= 4 is 39.9 Å². The molecule has 2 fully saturated rings. The van der Waals surface area contributed by atoms with E-state index in [2.05, 4.69) is 25.8 Å². The number of carbonyl (C=O) groups is 2. The van der Waals surface area contributed by atoms with E-state index in [-0.39, 0.29) is 49.3 Å². The summed E-state index contributed by atoms with van der Waals surface area (Å²) >= 11 is 0. The maximum Gasteiger partial charge on any atom is 0.272 e. The number of alkyl halides is 2. The summed E-state index contributed by atoms with van der Waals surface area (Å²) in [7, 11) is 3.05. The maximum atomic E-state index is 13.5. The number of rotatable bonds is 6. The number of anilines is 3. The molecule has 1 saturated heterocycles. The number of hydrogen-bond acceptors (Lipinski definition) is 7. The zero-order chi connectivity index (χ0) is 29.2. The molecule has 0 radical (unpaired) electrons. The minimum atomic E-state index is -2.74. The molecular weight excluding hydrogens is 546 g/mol. The third-order valence-electron chi connectivity index (χ3n) is 8.62. The van der Waals surface area contributed by atoms with Crippen LogP contribution in [0.1, 0.15) is 46.8 Å². The van der Waals surface area contributed by atoms with Gasteiger partial charge in [-0.1, -0.05) is 6.07 Å². The minimum Gasteiger partial charge on any atom is -0.497 e. The lowest BCUT2D eigenvalue weighted by Crippen LogP contribution is -2.43. The Labute approximate surface area is 239 Å². The Morgan fingerprint density at radius 1 is 1.07 bits per heavy atom. The summed E-state index contributed by atoms with van der Waals surface area (Å²) in [5.41, 5.74) is 3.61. The van der Waals surface area contributed by atoms with E-state index in [0.717, 1.165) is 27.7 Å². The van der Waals surface area contributed by atoms with Crippen LogP contribution in [-0.2, 0) is 10.2 Å². The lowest BCUT2D eigenvalue weighted by molar-refractivity contribution is -0.118. The number of likely N-dealkylation sites (tertiary alicyclic amines) is 1. The van der Waals surface area contributed by atoms with Crippen molar-refractivity contribution in [3.8, 4) is 11.6 Å². The molecule has 3 N–H and O–H groups in total. The van der Waals surface area contributed by atoms with Gasteiger partial charge in [-0.05, 0) is 60.0 Å². The van der Waals surface area contributed by atoms with Crippen LogP contribution in [0.4, 0.5) is 26.0 Å². The van der Waals surface area contributed by atoms with Crippen LogP contribution in [0.3, 0.4) is 0 Å². The zero-order valence-corrected chi connectivity index (χ0v) is 23.0. The highest BCUT2D eigenvalue weighted by Crippen LogP contribution is 2.65. The third kappa shape index (κ3) is 4.12. The zero-order valence-electron chi connectivity index (χ0n) is 23.0. The summed E-state index contributed by atoms with van der Waals surface area (Å²) < 4.78 is 37.9. The van der Waals surface area contributed by atoms with E-state index >= 15 is 0 Å². The molecule has 1 spiro atoms. The number of amides is 2. The quantitative estimate of drug-likeness (QED) is 0.297. The van der Waals surface area contributed by atoms with E-state index in [9.17, 15) is 18.4 Å². The monoisotopic (exact) mass is 574 g/mol. The van der Waals surface area contributed by atoms with E-state index in [4.69, 9.17) is 9.47 Å². The Bertz CT molecular complexity index is 1750. The molecule has 12 heteroatoms. The Morgan fingerprint density at radius 2 is 1.88 bits per heavy atom. The van der Waals surface area contributed by atoms with Crippen LogP contribution >= 0.6 is 0 Å². The van der Waals surface area contributed by atoms with Gasteiger partial charge in [0.2, 0.25) is 11.8 Å². The molecule has 7 rings (SSSR count). The predicted octanol–water partition coefficient (Wildman–Crippen LogP) is 4.97. The Hall–Kier alpha value is -4.74. The number of H-pyrrole nitrogens is 1. The first-order valence-electron chi connectivity index (χ1n) is 13.7. The highest BCUT2D eigenvalue weighted by Gasteiger charge is 2.65. The van der Waals surface area contributed by atoms with Gasteiger partial charge in [0.25, 0.3) is 11.8 Å².